The smallest absolute Gasteiger partial charge is 0.359 e. The van der Waals surface area contributed by atoms with Crippen molar-refractivity contribution >= 4 is 35.9 Å². The molecule has 0 saturated carbocycles. The number of rotatable bonds is 13. The molecule has 3 aliphatic heterocycles. The van der Waals surface area contributed by atoms with Gasteiger partial charge in [-0.3, -0.25) is 19.1 Å². The summed E-state index contributed by atoms with van der Waals surface area (Å²) < 4.78 is 24.5. The quantitative estimate of drug-likeness (QED) is 0.131. The van der Waals surface area contributed by atoms with Crippen LogP contribution in [0.5, 0.6) is 0 Å². The summed E-state index contributed by atoms with van der Waals surface area (Å²) >= 11 is 0. The second-order valence-corrected chi connectivity index (χ2v) is 16.1. The number of quaternary nitrogens is 1. The number of anilines is 1. The summed E-state index contributed by atoms with van der Waals surface area (Å²) in [5, 5.41) is 28.5. The summed E-state index contributed by atoms with van der Waals surface area (Å²) in [4.78, 5) is 68.5. The monoisotopic (exact) mass is 843 g/mol. The number of piperazine rings is 1. The third-order valence-electron chi connectivity index (χ3n) is 12.0. The van der Waals surface area contributed by atoms with Crippen molar-refractivity contribution < 1.29 is 47.8 Å². The van der Waals surface area contributed by atoms with E-state index in [1.165, 1.54) is 12.3 Å². The Bertz CT molecular complexity index is 2240. The zero-order valence-corrected chi connectivity index (χ0v) is 35.1. The van der Waals surface area contributed by atoms with E-state index in [1.807, 2.05) is 18.7 Å². The number of aryl methyl sites for hydroxylation is 2. The van der Waals surface area contributed by atoms with E-state index in [0.717, 1.165) is 19.6 Å². The number of nitrogens with one attached hydrogen (secondary N) is 2. The van der Waals surface area contributed by atoms with E-state index in [-0.39, 0.29) is 30.1 Å². The summed E-state index contributed by atoms with van der Waals surface area (Å²) in [6, 6.07) is 10.1. The molecule has 0 bridgehead atoms. The first kappa shape index (κ1) is 44.6. The highest BCUT2D eigenvalue weighted by atomic mass is 19.1. The predicted molar refractivity (Wildman–Crippen MR) is 221 cm³/mol. The van der Waals surface area contributed by atoms with Gasteiger partial charge in [0, 0.05) is 119 Å². The molecule has 3 aliphatic rings. The van der Waals surface area contributed by atoms with E-state index < -0.39 is 24.2 Å². The topological polar surface area (TPSA) is 204 Å². The van der Waals surface area contributed by atoms with Crippen LogP contribution in [-0.2, 0) is 32.7 Å². The van der Waals surface area contributed by atoms with Crippen molar-refractivity contribution in [3.05, 3.63) is 77.3 Å². The SMILES string of the molecule is COCCn1cc(-c2ccc(-c3cnc(C(=O)Nc4ccc(C(=O)N5CCN(C(=O)C6CC[N+](CC(=O)O)(CC7CNC7)CC6)CC5)c(C)c4)n3C)cc2F)c(C)n1.O=C[O-]. The van der Waals surface area contributed by atoms with Crippen LogP contribution in [0.4, 0.5) is 10.1 Å². The average Bonchev–Trinajstić information content (AvgIpc) is 3.79. The van der Waals surface area contributed by atoms with E-state index in [2.05, 4.69) is 20.7 Å². The number of benzene rings is 2. The predicted octanol–water partition coefficient (Wildman–Crippen LogP) is 1.79. The van der Waals surface area contributed by atoms with Crippen LogP contribution in [0.1, 0.15) is 45.1 Å². The molecule has 2 aromatic carbocycles. The van der Waals surface area contributed by atoms with Crippen LogP contribution in [0.2, 0.25) is 0 Å². The summed E-state index contributed by atoms with van der Waals surface area (Å²) in [5.41, 5.74) is 4.66. The summed E-state index contributed by atoms with van der Waals surface area (Å²) in [6.07, 6.45) is 4.69. The van der Waals surface area contributed by atoms with Gasteiger partial charge >= 0.3 is 5.97 Å². The minimum absolute atomic E-state index is 0.0974. The minimum atomic E-state index is -0.792. The van der Waals surface area contributed by atoms with Gasteiger partial charge in [0.15, 0.2) is 12.4 Å². The number of halogens is 1. The van der Waals surface area contributed by atoms with Crippen LogP contribution in [0, 0.1) is 31.5 Å². The fourth-order valence-corrected chi connectivity index (χ4v) is 8.67. The van der Waals surface area contributed by atoms with Gasteiger partial charge < -0.3 is 49.2 Å². The van der Waals surface area contributed by atoms with Gasteiger partial charge in [-0.25, -0.2) is 14.2 Å². The number of imidazole rings is 1. The van der Waals surface area contributed by atoms with Crippen LogP contribution in [0.15, 0.2) is 48.8 Å². The third-order valence-corrected chi connectivity index (χ3v) is 12.0. The van der Waals surface area contributed by atoms with Crippen molar-refractivity contribution in [3.8, 4) is 22.4 Å². The maximum Gasteiger partial charge on any atom is 0.359 e. The molecule has 326 valence electrons. The second kappa shape index (κ2) is 19.6. The molecule has 0 spiro atoms. The van der Waals surface area contributed by atoms with Crippen molar-refractivity contribution in [2.24, 2.45) is 18.9 Å². The Balaban J connectivity index is 0.00000201. The first-order chi connectivity index (χ1) is 29.3. The van der Waals surface area contributed by atoms with E-state index >= 15 is 4.39 Å². The molecule has 17 nitrogen and oxygen atoms in total. The number of carbonyl (C=O) groups is 5. The normalized spacial score (nSPS) is 19.1. The van der Waals surface area contributed by atoms with Crippen molar-refractivity contribution in [2.45, 2.75) is 33.2 Å². The van der Waals surface area contributed by atoms with E-state index in [9.17, 15) is 24.3 Å². The molecule has 18 heteroatoms. The largest absolute Gasteiger partial charge is 0.554 e. The number of methoxy groups -OCH3 is 1. The number of aromatic nitrogens is 4. The third kappa shape index (κ3) is 10.3. The van der Waals surface area contributed by atoms with Crippen molar-refractivity contribution in [3.63, 3.8) is 0 Å². The number of hydrogen-bond acceptors (Lipinski definition) is 10. The molecule has 2 aromatic heterocycles. The van der Waals surface area contributed by atoms with E-state index in [1.54, 1.807) is 64.8 Å². The molecule has 5 heterocycles. The molecule has 3 N–H and O–H groups in total. The molecule has 0 unspecified atom stereocenters. The number of amides is 3. The lowest BCUT2D eigenvalue weighted by molar-refractivity contribution is -0.929. The highest BCUT2D eigenvalue weighted by Crippen LogP contribution is 2.31. The molecule has 0 aliphatic carbocycles. The zero-order chi connectivity index (χ0) is 43.8. The number of ether oxygens (including phenoxy) is 1. The number of carboxylic acid groups (broad SMARTS) is 2. The van der Waals surface area contributed by atoms with Crippen LogP contribution in [0.3, 0.4) is 0 Å². The molecule has 3 saturated heterocycles. The number of aliphatic carboxylic acids is 1. The summed E-state index contributed by atoms with van der Waals surface area (Å²) in [5.74, 6) is -1.21. The van der Waals surface area contributed by atoms with Gasteiger partial charge in [0.1, 0.15) is 5.82 Å². The molecular formula is C43H54FN9O8. The van der Waals surface area contributed by atoms with Crippen molar-refractivity contribution in [1.82, 2.24) is 34.4 Å². The maximum absolute atomic E-state index is 15.5. The van der Waals surface area contributed by atoms with Gasteiger partial charge in [-0.1, -0.05) is 12.1 Å². The van der Waals surface area contributed by atoms with Crippen LogP contribution in [-0.4, -0.2) is 148 Å². The zero-order valence-electron chi connectivity index (χ0n) is 35.1. The Labute approximate surface area is 353 Å². The number of piperidine rings is 1. The number of carbonyl (C=O) groups excluding carboxylic acids is 4. The van der Waals surface area contributed by atoms with Gasteiger partial charge in [-0.2, -0.15) is 5.10 Å². The lowest BCUT2D eigenvalue weighted by atomic mass is 9.90. The van der Waals surface area contributed by atoms with E-state index in [0.29, 0.717) is 121 Å². The lowest BCUT2D eigenvalue weighted by Crippen LogP contribution is -2.62. The van der Waals surface area contributed by atoms with Crippen LogP contribution < -0.4 is 15.7 Å². The van der Waals surface area contributed by atoms with E-state index in [4.69, 9.17) is 14.6 Å². The Morgan fingerprint density at radius 2 is 1.72 bits per heavy atom. The molecule has 4 aromatic rings. The number of hydrogen-bond donors (Lipinski definition) is 3. The molecular weight excluding hydrogens is 790 g/mol. The fraction of sp³-hybridized carbons (Fsp3) is 0.465. The molecule has 61 heavy (non-hydrogen) atoms. The second-order valence-electron chi connectivity index (χ2n) is 16.1. The molecule has 7 rings (SSSR count). The maximum atomic E-state index is 15.5. The Hall–Kier alpha value is -5.98. The van der Waals surface area contributed by atoms with Gasteiger partial charge in [-0.05, 0) is 43.7 Å². The molecule has 0 atom stereocenters. The van der Waals surface area contributed by atoms with Gasteiger partial charge in [0.25, 0.3) is 11.8 Å². The molecule has 0 radical (unpaired) electrons. The van der Waals surface area contributed by atoms with Gasteiger partial charge in [-0.15, -0.1) is 0 Å². The number of nitrogens with zero attached hydrogens (tertiary/aromatic N) is 7. The number of likely N-dealkylation sites (tertiary alicyclic amines) is 1. The van der Waals surface area contributed by atoms with Gasteiger partial charge in [0.05, 0.1) is 50.4 Å². The standard InChI is InChI=1S/C42H52FN9O6.CH2O2/c1-27-19-32(46-40(55)39-45-23-37(48(39)3)31-5-7-34(36(43)20-31)35-24-51(15-18-58-4)47-28(35)2)6-8-33(27)42(57)50-13-11-49(12-14-50)41(56)30-9-16-52(17-10-30,26-38(53)54)25-29-21-44-22-29;2-1-3/h5-8,19-20,23-24,29-30,44H,9-18,21-22,25-26H2,1-4H3,(H-,46,53,54,55,57);1H,(H,2,3). The van der Waals surface area contributed by atoms with Crippen molar-refractivity contribution in [2.75, 3.05) is 84.5 Å². The van der Waals surface area contributed by atoms with Crippen molar-refractivity contribution in [1.29, 1.82) is 0 Å². The average molecular weight is 844 g/mol. The Kier molecular flexibility index (Phi) is 14.3. The Morgan fingerprint density at radius 3 is 2.33 bits per heavy atom. The van der Waals surface area contributed by atoms with Crippen LogP contribution in [0.25, 0.3) is 22.4 Å². The highest BCUT2D eigenvalue weighted by Gasteiger charge is 2.42. The Morgan fingerprint density at radius 1 is 1.03 bits per heavy atom. The first-order valence-corrected chi connectivity index (χ1v) is 20.4. The molecule has 3 amide bonds. The van der Waals surface area contributed by atoms with Gasteiger partial charge in [0.2, 0.25) is 5.91 Å². The first-order valence-electron chi connectivity index (χ1n) is 20.4. The lowest BCUT2D eigenvalue weighted by Gasteiger charge is -2.46. The highest BCUT2D eigenvalue weighted by molar-refractivity contribution is 6.03. The van der Waals surface area contributed by atoms with Crippen LogP contribution >= 0.6 is 0 Å². The fourth-order valence-electron chi connectivity index (χ4n) is 8.67. The summed E-state index contributed by atoms with van der Waals surface area (Å²) in [6.45, 7) is 10.1. The minimum Gasteiger partial charge on any atom is -0.554 e. The molecule has 3 fully saturated rings. The summed E-state index contributed by atoms with van der Waals surface area (Å²) in [7, 11) is 3.32. The number of carboxylic acids is 1.